The first-order chi connectivity index (χ1) is 9.43. The summed E-state index contributed by atoms with van der Waals surface area (Å²) in [5, 5.41) is 8.74. The summed E-state index contributed by atoms with van der Waals surface area (Å²) in [5.41, 5.74) is 0. The summed E-state index contributed by atoms with van der Waals surface area (Å²) in [5.74, 6) is -1.25. The van der Waals surface area contributed by atoms with Crippen molar-refractivity contribution in [2.24, 2.45) is 0 Å². The highest BCUT2D eigenvalue weighted by Crippen LogP contribution is 2.12. The summed E-state index contributed by atoms with van der Waals surface area (Å²) in [6.07, 6.45) is -0.115. The van der Waals surface area contributed by atoms with Crippen molar-refractivity contribution in [3.8, 4) is 5.75 Å². The molecule has 0 spiro atoms. The second-order valence-electron chi connectivity index (χ2n) is 4.37. The molecule has 1 atom stereocenters. The maximum atomic E-state index is 12.7. The molecule has 110 valence electrons. The van der Waals surface area contributed by atoms with Crippen molar-refractivity contribution in [2.45, 2.75) is 26.3 Å². The smallest absolute Gasteiger partial charge is 0.305 e. The number of carbonyl (C=O) groups excluding carboxylic acids is 1. The van der Waals surface area contributed by atoms with Gasteiger partial charge in [-0.1, -0.05) is 0 Å². The predicted molar refractivity (Wildman–Crippen MR) is 71.0 cm³/mol. The molecule has 1 aromatic rings. The zero-order valence-electron chi connectivity index (χ0n) is 11.5. The highest BCUT2D eigenvalue weighted by Gasteiger charge is 2.20. The molecule has 6 heteroatoms. The molecule has 5 nitrogen and oxygen atoms in total. The number of carboxylic acids is 1. The van der Waals surface area contributed by atoms with Crippen LogP contribution in [0, 0.1) is 5.82 Å². The monoisotopic (exact) mass is 283 g/mol. The van der Waals surface area contributed by atoms with E-state index in [0.29, 0.717) is 12.3 Å². The number of halogens is 1. The normalized spacial score (nSPS) is 11.8. The average molecular weight is 283 g/mol. The zero-order chi connectivity index (χ0) is 15.1. The SMILES string of the molecule is CCN(C(=O)COc1ccc(F)cc1)C(C)CC(=O)O. The first-order valence-corrected chi connectivity index (χ1v) is 6.33. The second kappa shape index (κ2) is 7.47. The number of aliphatic carboxylic acids is 1. The summed E-state index contributed by atoms with van der Waals surface area (Å²) in [7, 11) is 0. The Balaban J connectivity index is 2.54. The van der Waals surface area contributed by atoms with Gasteiger partial charge in [0.15, 0.2) is 6.61 Å². The van der Waals surface area contributed by atoms with Crippen LogP contribution in [0.3, 0.4) is 0 Å². The minimum atomic E-state index is -0.955. The quantitative estimate of drug-likeness (QED) is 0.830. The van der Waals surface area contributed by atoms with Crippen LogP contribution in [-0.4, -0.2) is 41.1 Å². The van der Waals surface area contributed by atoms with E-state index in [4.69, 9.17) is 9.84 Å². The molecule has 1 N–H and O–H groups in total. The van der Waals surface area contributed by atoms with E-state index in [1.54, 1.807) is 13.8 Å². The molecule has 0 aliphatic heterocycles. The predicted octanol–water partition coefficient (Wildman–Crippen LogP) is 1.92. The number of hydrogen-bond acceptors (Lipinski definition) is 3. The first-order valence-electron chi connectivity index (χ1n) is 6.33. The van der Waals surface area contributed by atoms with Crippen LogP contribution in [0.5, 0.6) is 5.75 Å². The van der Waals surface area contributed by atoms with Gasteiger partial charge in [-0.05, 0) is 38.1 Å². The average Bonchev–Trinajstić information content (AvgIpc) is 2.38. The Hall–Kier alpha value is -2.11. The largest absolute Gasteiger partial charge is 0.484 e. The minimum absolute atomic E-state index is 0.115. The van der Waals surface area contributed by atoms with Gasteiger partial charge in [-0.25, -0.2) is 4.39 Å². The van der Waals surface area contributed by atoms with E-state index < -0.39 is 12.0 Å². The molecular weight excluding hydrogens is 265 g/mol. The van der Waals surface area contributed by atoms with Crippen LogP contribution in [-0.2, 0) is 9.59 Å². The number of carbonyl (C=O) groups is 2. The van der Waals surface area contributed by atoms with Crippen LogP contribution in [0.15, 0.2) is 24.3 Å². The lowest BCUT2D eigenvalue weighted by molar-refractivity contribution is -0.141. The third-order valence-electron chi connectivity index (χ3n) is 2.84. The first kappa shape index (κ1) is 15.9. The van der Waals surface area contributed by atoms with Gasteiger partial charge in [-0.15, -0.1) is 0 Å². The Morgan fingerprint density at radius 2 is 1.95 bits per heavy atom. The zero-order valence-corrected chi connectivity index (χ0v) is 11.5. The molecule has 20 heavy (non-hydrogen) atoms. The number of nitrogens with zero attached hydrogens (tertiary/aromatic N) is 1. The highest BCUT2D eigenvalue weighted by atomic mass is 19.1. The van der Waals surface area contributed by atoms with Crippen molar-refractivity contribution in [1.82, 2.24) is 4.90 Å². The lowest BCUT2D eigenvalue weighted by Gasteiger charge is -2.26. The summed E-state index contributed by atoms with van der Waals surface area (Å²) in [6.45, 7) is 3.64. The highest BCUT2D eigenvalue weighted by molar-refractivity contribution is 5.79. The molecule has 0 saturated carbocycles. The fraction of sp³-hybridized carbons (Fsp3) is 0.429. The standard InChI is InChI=1S/C14H18FNO4/c1-3-16(10(2)8-14(18)19)13(17)9-20-12-6-4-11(15)5-7-12/h4-7,10H,3,8-9H2,1-2H3,(H,18,19). The second-order valence-corrected chi connectivity index (χ2v) is 4.37. The Morgan fingerprint density at radius 1 is 1.35 bits per heavy atom. The molecule has 1 unspecified atom stereocenters. The number of ether oxygens (including phenoxy) is 1. The summed E-state index contributed by atoms with van der Waals surface area (Å²) in [6, 6.07) is 4.94. The van der Waals surface area contributed by atoms with E-state index in [-0.39, 0.29) is 24.8 Å². The van der Waals surface area contributed by atoms with Gasteiger partial charge < -0.3 is 14.7 Å². The third-order valence-corrected chi connectivity index (χ3v) is 2.84. The lowest BCUT2D eigenvalue weighted by Crippen LogP contribution is -2.42. The van der Waals surface area contributed by atoms with Gasteiger partial charge >= 0.3 is 5.97 Å². The third kappa shape index (κ3) is 4.87. The van der Waals surface area contributed by atoms with Crippen LogP contribution in [0.1, 0.15) is 20.3 Å². The van der Waals surface area contributed by atoms with Crippen LogP contribution >= 0.6 is 0 Å². The molecule has 0 radical (unpaired) electrons. The van der Waals surface area contributed by atoms with E-state index in [1.807, 2.05) is 0 Å². The van der Waals surface area contributed by atoms with Crippen LogP contribution in [0.2, 0.25) is 0 Å². The molecule has 1 rings (SSSR count). The fourth-order valence-electron chi connectivity index (χ4n) is 1.86. The number of amides is 1. The molecule has 0 saturated heterocycles. The maximum Gasteiger partial charge on any atom is 0.305 e. The minimum Gasteiger partial charge on any atom is -0.484 e. The molecule has 1 aromatic carbocycles. The van der Waals surface area contributed by atoms with Gasteiger partial charge in [0.25, 0.3) is 5.91 Å². The molecular formula is C14H18FNO4. The topological polar surface area (TPSA) is 66.8 Å². The van der Waals surface area contributed by atoms with Crippen LogP contribution < -0.4 is 4.74 Å². The molecule has 0 fully saturated rings. The van der Waals surface area contributed by atoms with E-state index >= 15 is 0 Å². The van der Waals surface area contributed by atoms with E-state index in [2.05, 4.69) is 0 Å². The molecule has 0 aliphatic rings. The Labute approximate surface area is 117 Å². The number of likely N-dealkylation sites (N-methyl/N-ethyl adjacent to an activating group) is 1. The van der Waals surface area contributed by atoms with Crippen LogP contribution in [0.4, 0.5) is 4.39 Å². The van der Waals surface area contributed by atoms with Crippen molar-refractivity contribution in [3.05, 3.63) is 30.1 Å². The molecule has 0 bridgehead atoms. The van der Waals surface area contributed by atoms with Crippen molar-refractivity contribution in [3.63, 3.8) is 0 Å². The number of hydrogen-bond donors (Lipinski definition) is 1. The number of rotatable bonds is 7. The summed E-state index contributed by atoms with van der Waals surface area (Å²) >= 11 is 0. The summed E-state index contributed by atoms with van der Waals surface area (Å²) in [4.78, 5) is 24.1. The lowest BCUT2D eigenvalue weighted by atomic mass is 10.2. The van der Waals surface area contributed by atoms with E-state index in [0.717, 1.165) is 0 Å². The molecule has 0 aromatic heterocycles. The number of carboxylic acid groups (broad SMARTS) is 1. The van der Waals surface area contributed by atoms with Crippen molar-refractivity contribution >= 4 is 11.9 Å². The molecule has 1 amide bonds. The van der Waals surface area contributed by atoms with Crippen molar-refractivity contribution in [1.29, 1.82) is 0 Å². The van der Waals surface area contributed by atoms with Gasteiger partial charge in [-0.3, -0.25) is 9.59 Å². The Bertz CT molecular complexity index is 461. The van der Waals surface area contributed by atoms with Gasteiger partial charge in [0, 0.05) is 12.6 Å². The fourth-order valence-corrected chi connectivity index (χ4v) is 1.86. The number of benzene rings is 1. The van der Waals surface area contributed by atoms with E-state index in [1.165, 1.54) is 29.2 Å². The van der Waals surface area contributed by atoms with Gasteiger partial charge in [-0.2, -0.15) is 0 Å². The van der Waals surface area contributed by atoms with Gasteiger partial charge in [0.05, 0.1) is 6.42 Å². The van der Waals surface area contributed by atoms with Gasteiger partial charge in [0.2, 0.25) is 0 Å². The van der Waals surface area contributed by atoms with Crippen molar-refractivity contribution < 1.29 is 23.8 Å². The van der Waals surface area contributed by atoms with Gasteiger partial charge in [0.1, 0.15) is 11.6 Å². The van der Waals surface area contributed by atoms with E-state index in [9.17, 15) is 14.0 Å². The summed E-state index contributed by atoms with van der Waals surface area (Å²) < 4.78 is 18.0. The molecule has 0 heterocycles. The van der Waals surface area contributed by atoms with Crippen molar-refractivity contribution in [2.75, 3.05) is 13.2 Å². The Kier molecular flexibility index (Phi) is 5.96. The maximum absolute atomic E-state index is 12.7. The molecule has 0 aliphatic carbocycles. The Morgan fingerprint density at radius 3 is 2.45 bits per heavy atom. The van der Waals surface area contributed by atoms with Crippen LogP contribution in [0.25, 0.3) is 0 Å².